The molecular weight excluding hydrogens is 396 g/mol. The maximum absolute atomic E-state index is 12.4. The van der Waals surface area contributed by atoms with Gasteiger partial charge in [0.2, 0.25) is 5.91 Å². The molecular formula is C20H21ClN4O4. The van der Waals surface area contributed by atoms with Crippen LogP contribution >= 0.6 is 11.6 Å². The van der Waals surface area contributed by atoms with Crippen LogP contribution in [0.15, 0.2) is 48.5 Å². The molecule has 29 heavy (non-hydrogen) atoms. The summed E-state index contributed by atoms with van der Waals surface area (Å²) in [6.45, 7) is 2.89. The fourth-order valence-corrected chi connectivity index (χ4v) is 3.39. The Morgan fingerprint density at radius 1 is 1.07 bits per heavy atom. The third kappa shape index (κ3) is 5.23. The van der Waals surface area contributed by atoms with E-state index in [0.29, 0.717) is 13.1 Å². The highest BCUT2D eigenvalue weighted by Crippen LogP contribution is 2.22. The number of carbonyl (C=O) groups is 2. The SMILES string of the molecule is O=C(NCCC(=O)N1CCN(c2ccccc2)CC1)c1cc([N+](=O)[O-])ccc1Cl. The van der Waals surface area contributed by atoms with Crippen molar-refractivity contribution < 1.29 is 14.5 Å². The van der Waals surface area contributed by atoms with E-state index in [1.807, 2.05) is 30.3 Å². The predicted molar refractivity (Wildman–Crippen MR) is 110 cm³/mol. The molecule has 1 N–H and O–H groups in total. The number of nitro groups is 1. The van der Waals surface area contributed by atoms with E-state index in [0.717, 1.165) is 24.8 Å². The molecule has 1 aliphatic rings. The van der Waals surface area contributed by atoms with Crippen molar-refractivity contribution in [3.05, 3.63) is 69.2 Å². The standard InChI is InChI=1S/C20H21ClN4O4/c21-18-7-6-16(25(28)29)14-17(18)20(27)22-9-8-19(26)24-12-10-23(11-13-24)15-4-2-1-3-5-15/h1-7,14H,8-13H2,(H,22,27). The first-order valence-corrected chi connectivity index (χ1v) is 9.63. The van der Waals surface area contributed by atoms with Gasteiger partial charge in [0, 0.05) is 57.0 Å². The molecule has 0 atom stereocenters. The summed E-state index contributed by atoms with van der Waals surface area (Å²) in [5, 5.41) is 13.6. The molecule has 0 saturated carbocycles. The highest BCUT2D eigenvalue weighted by atomic mass is 35.5. The largest absolute Gasteiger partial charge is 0.368 e. The summed E-state index contributed by atoms with van der Waals surface area (Å²) >= 11 is 5.96. The van der Waals surface area contributed by atoms with Gasteiger partial charge in [-0.1, -0.05) is 29.8 Å². The first-order chi connectivity index (χ1) is 14.0. The number of para-hydroxylation sites is 1. The number of non-ortho nitro benzene ring substituents is 1. The van der Waals surface area contributed by atoms with Crippen LogP contribution in [-0.2, 0) is 4.79 Å². The lowest BCUT2D eigenvalue weighted by molar-refractivity contribution is -0.384. The van der Waals surface area contributed by atoms with Crippen molar-refractivity contribution in [2.45, 2.75) is 6.42 Å². The highest BCUT2D eigenvalue weighted by molar-refractivity contribution is 6.33. The third-order valence-electron chi connectivity index (χ3n) is 4.78. The zero-order valence-corrected chi connectivity index (χ0v) is 16.5. The van der Waals surface area contributed by atoms with Gasteiger partial charge in [0.25, 0.3) is 11.6 Å². The Hall–Kier alpha value is -3.13. The molecule has 2 amide bonds. The lowest BCUT2D eigenvalue weighted by Crippen LogP contribution is -2.49. The maximum atomic E-state index is 12.4. The van der Waals surface area contributed by atoms with Crippen LogP contribution in [0.3, 0.4) is 0 Å². The van der Waals surface area contributed by atoms with Gasteiger partial charge in [-0.2, -0.15) is 0 Å². The molecule has 2 aromatic carbocycles. The van der Waals surface area contributed by atoms with E-state index >= 15 is 0 Å². The van der Waals surface area contributed by atoms with E-state index in [1.54, 1.807) is 4.90 Å². The molecule has 0 radical (unpaired) electrons. The normalized spacial score (nSPS) is 13.8. The number of carbonyl (C=O) groups excluding carboxylic acids is 2. The molecule has 8 nitrogen and oxygen atoms in total. The fourth-order valence-electron chi connectivity index (χ4n) is 3.19. The van der Waals surface area contributed by atoms with E-state index in [2.05, 4.69) is 10.2 Å². The number of nitro benzene ring substituents is 1. The van der Waals surface area contributed by atoms with Crippen molar-refractivity contribution in [1.82, 2.24) is 10.2 Å². The Morgan fingerprint density at radius 3 is 2.41 bits per heavy atom. The average molecular weight is 417 g/mol. The van der Waals surface area contributed by atoms with Crippen LogP contribution in [0.2, 0.25) is 5.02 Å². The third-order valence-corrected chi connectivity index (χ3v) is 5.11. The van der Waals surface area contributed by atoms with Gasteiger partial charge in [0.05, 0.1) is 15.5 Å². The van der Waals surface area contributed by atoms with E-state index < -0.39 is 10.8 Å². The molecule has 3 rings (SSSR count). The summed E-state index contributed by atoms with van der Waals surface area (Å²) in [6.07, 6.45) is 0.156. The van der Waals surface area contributed by atoms with Crippen LogP contribution in [-0.4, -0.2) is 54.4 Å². The number of rotatable bonds is 6. The van der Waals surface area contributed by atoms with Gasteiger partial charge >= 0.3 is 0 Å². The quantitative estimate of drug-likeness (QED) is 0.577. The number of halogens is 1. The average Bonchev–Trinajstić information content (AvgIpc) is 2.74. The van der Waals surface area contributed by atoms with Crippen LogP contribution in [0.5, 0.6) is 0 Å². The number of hydrogen-bond acceptors (Lipinski definition) is 5. The first-order valence-electron chi connectivity index (χ1n) is 9.25. The van der Waals surface area contributed by atoms with Gasteiger partial charge in [0.15, 0.2) is 0 Å². The lowest BCUT2D eigenvalue weighted by Gasteiger charge is -2.36. The minimum absolute atomic E-state index is 0.0183. The van der Waals surface area contributed by atoms with Gasteiger partial charge in [-0.05, 0) is 18.2 Å². The number of nitrogens with one attached hydrogen (secondary N) is 1. The molecule has 0 bridgehead atoms. The molecule has 1 fully saturated rings. The maximum Gasteiger partial charge on any atom is 0.270 e. The molecule has 1 heterocycles. The summed E-state index contributed by atoms with van der Waals surface area (Å²) in [4.78, 5) is 38.9. The molecule has 0 aliphatic carbocycles. The summed E-state index contributed by atoms with van der Waals surface area (Å²) in [5.74, 6) is -0.580. The smallest absolute Gasteiger partial charge is 0.270 e. The second kappa shape index (κ2) is 9.38. The topological polar surface area (TPSA) is 95.8 Å². The molecule has 1 saturated heterocycles. The Balaban J connectivity index is 1.46. The summed E-state index contributed by atoms with van der Waals surface area (Å²) < 4.78 is 0. The fraction of sp³-hybridized carbons (Fsp3) is 0.300. The van der Waals surface area contributed by atoms with Crippen molar-refractivity contribution in [1.29, 1.82) is 0 Å². The van der Waals surface area contributed by atoms with E-state index in [4.69, 9.17) is 11.6 Å². The summed E-state index contributed by atoms with van der Waals surface area (Å²) in [5.41, 5.74) is 0.942. The van der Waals surface area contributed by atoms with E-state index in [9.17, 15) is 19.7 Å². The van der Waals surface area contributed by atoms with Gasteiger partial charge in [-0.25, -0.2) is 0 Å². The van der Waals surface area contributed by atoms with Gasteiger partial charge in [-0.3, -0.25) is 19.7 Å². The number of benzene rings is 2. The minimum Gasteiger partial charge on any atom is -0.368 e. The van der Waals surface area contributed by atoms with E-state index in [1.165, 1.54) is 12.1 Å². The number of nitrogens with zero attached hydrogens (tertiary/aromatic N) is 3. The summed E-state index contributed by atoms with van der Waals surface area (Å²) in [7, 11) is 0. The molecule has 9 heteroatoms. The van der Waals surface area contributed by atoms with Crippen LogP contribution in [0, 0.1) is 10.1 Å². The zero-order valence-electron chi connectivity index (χ0n) is 15.7. The highest BCUT2D eigenvalue weighted by Gasteiger charge is 2.21. The molecule has 1 aliphatic heterocycles. The van der Waals surface area contributed by atoms with Crippen molar-refractivity contribution in [2.24, 2.45) is 0 Å². The second-order valence-corrected chi connectivity index (χ2v) is 7.04. The van der Waals surface area contributed by atoms with Crippen molar-refractivity contribution in [3.63, 3.8) is 0 Å². The molecule has 0 unspecified atom stereocenters. The molecule has 152 valence electrons. The number of hydrogen-bond donors (Lipinski definition) is 1. The van der Waals surface area contributed by atoms with Gasteiger partial charge in [0.1, 0.15) is 0 Å². The summed E-state index contributed by atoms with van der Waals surface area (Å²) in [6, 6.07) is 13.7. The van der Waals surface area contributed by atoms with Crippen molar-refractivity contribution in [3.8, 4) is 0 Å². The Morgan fingerprint density at radius 2 is 1.76 bits per heavy atom. The Kier molecular flexibility index (Phi) is 6.66. The van der Waals surface area contributed by atoms with Crippen LogP contribution in [0.1, 0.15) is 16.8 Å². The monoisotopic (exact) mass is 416 g/mol. The lowest BCUT2D eigenvalue weighted by atomic mass is 10.2. The van der Waals surface area contributed by atoms with Crippen LogP contribution < -0.4 is 10.2 Å². The number of piperazine rings is 1. The van der Waals surface area contributed by atoms with Crippen LogP contribution in [0.25, 0.3) is 0 Å². The molecule has 2 aromatic rings. The zero-order chi connectivity index (χ0) is 20.8. The van der Waals surface area contributed by atoms with Crippen molar-refractivity contribution >= 4 is 34.8 Å². The Bertz CT molecular complexity index is 899. The minimum atomic E-state index is -0.592. The second-order valence-electron chi connectivity index (χ2n) is 6.63. The van der Waals surface area contributed by atoms with Gasteiger partial charge in [-0.15, -0.1) is 0 Å². The van der Waals surface area contributed by atoms with Crippen LogP contribution in [0.4, 0.5) is 11.4 Å². The van der Waals surface area contributed by atoms with E-state index in [-0.39, 0.29) is 35.1 Å². The predicted octanol–water partition coefficient (Wildman–Crippen LogP) is 2.72. The molecule has 0 aromatic heterocycles. The Labute approximate surface area is 173 Å². The first kappa shape index (κ1) is 20.6. The number of amides is 2. The molecule has 0 spiro atoms. The van der Waals surface area contributed by atoms with Gasteiger partial charge < -0.3 is 15.1 Å². The van der Waals surface area contributed by atoms with Crippen molar-refractivity contribution in [2.75, 3.05) is 37.6 Å². The number of anilines is 1.